The van der Waals surface area contributed by atoms with Crippen LogP contribution in [0.5, 0.6) is 0 Å². The summed E-state index contributed by atoms with van der Waals surface area (Å²) in [6.07, 6.45) is 39.6. The molecule has 0 unspecified atom stereocenters. The maximum absolute atomic E-state index is 2.30. The minimum absolute atomic E-state index is 0.977. The van der Waals surface area contributed by atoms with Crippen LogP contribution in [-0.2, 0) is 0 Å². The van der Waals surface area contributed by atoms with Crippen LogP contribution in [0.3, 0.4) is 0 Å². The smallest absolute Gasteiger partial charge is 0.00201 e. The van der Waals surface area contributed by atoms with Gasteiger partial charge in [-0.05, 0) is 73.0 Å². The molecule has 0 aromatic heterocycles. The Morgan fingerprint density at radius 2 is 0.567 bits per heavy atom. The SMILES string of the molecule is CC1=CC=CC=C(C2=CC=CC=C(C3=CC=CC=C(C4=CC=CC=C(C)C4)C3)C2)C1. The lowest BCUT2D eigenvalue weighted by Gasteiger charge is -2.18. The molecule has 0 fully saturated rings. The third-order valence-electron chi connectivity index (χ3n) is 5.93. The largest absolute Gasteiger partial charge is 0.0689 e. The molecule has 0 bridgehead atoms. The van der Waals surface area contributed by atoms with Gasteiger partial charge in [-0.3, -0.25) is 0 Å². The van der Waals surface area contributed by atoms with Crippen LogP contribution in [0.1, 0.15) is 39.5 Å². The van der Waals surface area contributed by atoms with Gasteiger partial charge in [0.2, 0.25) is 0 Å². The molecule has 0 radical (unpaired) electrons. The van der Waals surface area contributed by atoms with Crippen molar-refractivity contribution in [1.82, 2.24) is 0 Å². The molecule has 0 amide bonds. The highest BCUT2D eigenvalue weighted by Crippen LogP contribution is 2.35. The van der Waals surface area contributed by atoms with Gasteiger partial charge >= 0.3 is 0 Å². The first-order valence-corrected chi connectivity index (χ1v) is 10.9. The molecule has 0 N–H and O–H groups in total. The standard InChI is InChI=1S/C30H30/c1-23-11-3-5-13-25(19-23)27-15-7-9-17-29(21-27)30-18-10-8-16-28(22-30)26-14-6-4-12-24(2)20-26/h3-18H,19-22H2,1-2H3. The van der Waals surface area contributed by atoms with Gasteiger partial charge in [0.15, 0.2) is 0 Å². The molecule has 0 heterocycles. The van der Waals surface area contributed by atoms with Gasteiger partial charge in [-0.15, -0.1) is 0 Å². The predicted octanol–water partition coefficient (Wildman–Crippen LogP) is 8.28. The maximum Gasteiger partial charge on any atom is -0.00201 e. The number of hydrogen-bond donors (Lipinski definition) is 0. The Labute approximate surface area is 181 Å². The first-order chi connectivity index (χ1) is 14.7. The highest BCUT2D eigenvalue weighted by molar-refractivity contribution is 5.54. The summed E-state index contributed by atoms with van der Waals surface area (Å²) in [5.74, 6) is 0. The second-order valence-electron chi connectivity index (χ2n) is 8.42. The first-order valence-electron chi connectivity index (χ1n) is 10.9. The predicted molar refractivity (Wildman–Crippen MR) is 131 cm³/mol. The molecular weight excluding hydrogens is 360 g/mol. The summed E-state index contributed by atoms with van der Waals surface area (Å²) >= 11 is 0. The Bertz CT molecular complexity index is 985. The fourth-order valence-electron chi connectivity index (χ4n) is 4.28. The summed E-state index contributed by atoms with van der Waals surface area (Å²) in [5.41, 5.74) is 11.3. The topological polar surface area (TPSA) is 0 Å². The summed E-state index contributed by atoms with van der Waals surface area (Å²) in [6, 6.07) is 0. The van der Waals surface area contributed by atoms with Gasteiger partial charge in [0.25, 0.3) is 0 Å². The lowest BCUT2D eigenvalue weighted by atomic mass is 9.87. The van der Waals surface area contributed by atoms with Crippen molar-refractivity contribution in [3.63, 3.8) is 0 Å². The van der Waals surface area contributed by atoms with E-state index in [0.717, 1.165) is 25.7 Å². The number of hydrogen-bond acceptors (Lipinski definition) is 0. The van der Waals surface area contributed by atoms with Gasteiger partial charge in [0.1, 0.15) is 0 Å². The number of allylic oxidation sites excluding steroid dienone is 24. The molecule has 4 aliphatic rings. The molecule has 4 rings (SSSR count). The van der Waals surface area contributed by atoms with Crippen molar-refractivity contribution in [3.05, 3.63) is 142 Å². The Hall–Kier alpha value is -3.12. The molecule has 0 aromatic rings. The average Bonchev–Trinajstić information content (AvgIpc) is 3.27. The van der Waals surface area contributed by atoms with E-state index in [1.165, 1.54) is 44.6 Å². The van der Waals surface area contributed by atoms with Crippen molar-refractivity contribution in [2.45, 2.75) is 39.5 Å². The molecule has 0 aliphatic heterocycles. The molecular formula is C30H30. The quantitative estimate of drug-likeness (QED) is 0.455. The van der Waals surface area contributed by atoms with E-state index in [1.54, 1.807) is 0 Å². The zero-order valence-electron chi connectivity index (χ0n) is 18.1. The Kier molecular flexibility index (Phi) is 6.44. The highest BCUT2D eigenvalue weighted by atomic mass is 14.2. The van der Waals surface area contributed by atoms with E-state index in [4.69, 9.17) is 0 Å². The van der Waals surface area contributed by atoms with Crippen molar-refractivity contribution in [2.24, 2.45) is 0 Å². The van der Waals surface area contributed by atoms with E-state index >= 15 is 0 Å². The van der Waals surface area contributed by atoms with Crippen molar-refractivity contribution in [1.29, 1.82) is 0 Å². The summed E-state index contributed by atoms with van der Waals surface area (Å²) in [6.45, 7) is 4.43. The summed E-state index contributed by atoms with van der Waals surface area (Å²) < 4.78 is 0. The van der Waals surface area contributed by atoms with E-state index < -0.39 is 0 Å². The minimum Gasteiger partial charge on any atom is -0.0689 e. The molecule has 0 heteroatoms. The minimum atomic E-state index is 0.977. The van der Waals surface area contributed by atoms with Crippen LogP contribution in [0.25, 0.3) is 0 Å². The second kappa shape index (κ2) is 9.59. The number of rotatable bonds is 3. The zero-order chi connectivity index (χ0) is 20.8. The normalized spacial score (nSPS) is 21.5. The molecule has 150 valence electrons. The lowest BCUT2D eigenvalue weighted by molar-refractivity contribution is 1.01. The first kappa shape index (κ1) is 20.2. The van der Waals surface area contributed by atoms with Crippen molar-refractivity contribution >= 4 is 0 Å². The molecule has 4 aliphatic carbocycles. The monoisotopic (exact) mass is 390 g/mol. The van der Waals surface area contributed by atoms with Crippen LogP contribution < -0.4 is 0 Å². The van der Waals surface area contributed by atoms with Crippen LogP contribution in [0.4, 0.5) is 0 Å². The molecule has 0 atom stereocenters. The van der Waals surface area contributed by atoms with Crippen LogP contribution in [0.15, 0.2) is 142 Å². The van der Waals surface area contributed by atoms with E-state index in [1.807, 2.05) is 0 Å². The summed E-state index contributed by atoms with van der Waals surface area (Å²) in [4.78, 5) is 0. The van der Waals surface area contributed by atoms with E-state index in [9.17, 15) is 0 Å². The van der Waals surface area contributed by atoms with Crippen molar-refractivity contribution in [3.8, 4) is 0 Å². The Balaban J connectivity index is 1.56. The molecule has 30 heavy (non-hydrogen) atoms. The van der Waals surface area contributed by atoms with Gasteiger partial charge in [-0.25, -0.2) is 0 Å². The van der Waals surface area contributed by atoms with E-state index in [-0.39, 0.29) is 0 Å². The molecule has 0 aromatic carbocycles. The van der Waals surface area contributed by atoms with E-state index in [0.29, 0.717) is 0 Å². The second-order valence-corrected chi connectivity index (χ2v) is 8.42. The van der Waals surface area contributed by atoms with Crippen LogP contribution in [0, 0.1) is 0 Å². The summed E-state index contributed by atoms with van der Waals surface area (Å²) in [7, 11) is 0. The van der Waals surface area contributed by atoms with E-state index in [2.05, 4.69) is 111 Å². The van der Waals surface area contributed by atoms with Crippen molar-refractivity contribution < 1.29 is 0 Å². The van der Waals surface area contributed by atoms with Crippen molar-refractivity contribution in [2.75, 3.05) is 0 Å². The van der Waals surface area contributed by atoms with Gasteiger partial charge in [-0.2, -0.15) is 0 Å². The van der Waals surface area contributed by atoms with Crippen LogP contribution >= 0.6 is 0 Å². The maximum atomic E-state index is 2.30. The molecule has 0 nitrogen and oxygen atoms in total. The van der Waals surface area contributed by atoms with Gasteiger partial charge in [0, 0.05) is 0 Å². The molecule has 0 saturated heterocycles. The lowest BCUT2D eigenvalue weighted by Crippen LogP contribution is -1.99. The molecule has 0 spiro atoms. The summed E-state index contributed by atoms with van der Waals surface area (Å²) in [5, 5.41) is 0. The van der Waals surface area contributed by atoms with Crippen LogP contribution in [0.2, 0.25) is 0 Å². The fraction of sp³-hybridized carbons (Fsp3) is 0.200. The Morgan fingerprint density at radius 3 is 0.867 bits per heavy atom. The molecule has 0 saturated carbocycles. The third-order valence-corrected chi connectivity index (χ3v) is 5.93. The van der Waals surface area contributed by atoms with Gasteiger partial charge in [0.05, 0.1) is 0 Å². The van der Waals surface area contributed by atoms with Crippen LogP contribution in [-0.4, -0.2) is 0 Å². The average molecular weight is 391 g/mol. The highest BCUT2D eigenvalue weighted by Gasteiger charge is 2.16. The third kappa shape index (κ3) is 5.07. The fourth-order valence-corrected chi connectivity index (χ4v) is 4.28. The van der Waals surface area contributed by atoms with Gasteiger partial charge in [-0.1, -0.05) is 108 Å². The van der Waals surface area contributed by atoms with Gasteiger partial charge < -0.3 is 0 Å². The Morgan fingerprint density at radius 1 is 0.333 bits per heavy atom. The zero-order valence-corrected chi connectivity index (χ0v) is 18.1.